The van der Waals surface area contributed by atoms with Gasteiger partial charge in [-0.1, -0.05) is 12.1 Å². The lowest BCUT2D eigenvalue weighted by atomic mass is 10.2. The van der Waals surface area contributed by atoms with E-state index in [9.17, 15) is 0 Å². The number of nitrogens with zero attached hydrogens (tertiary/aromatic N) is 5. The van der Waals surface area contributed by atoms with Gasteiger partial charge in [-0.05, 0) is 18.2 Å². The van der Waals surface area contributed by atoms with E-state index >= 15 is 0 Å². The number of rotatable bonds is 3. The normalized spacial score (nSPS) is 15.2. The first-order chi connectivity index (χ1) is 11.3. The minimum absolute atomic E-state index is 0.884. The highest BCUT2D eigenvalue weighted by molar-refractivity contribution is 5.59. The van der Waals surface area contributed by atoms with Crippen LogP contribution < -0.4 is 14.5 Å². The largest absolute Gasteiger partial charge is 0.495 e. The third-order valence-corrected chi connectivity index (χ3v) is 4.27. The van der Waals surface area contributed by atoms with Gasteiger partial charge in [0.2, 0.25) is 0 Å². The molecule has 4 rings (SSSR count). The van der Waals surface area contributed by atoms with Gasteiger partial charge in [-0.15, -0.1) is 0 Å². The Morgan fingerprint density at radius 2 is 1.74 bits per heavy atom. The summed E-state index contributed by atoms with van der Waals surface area (Å²) in [5.41, 5.74) is 2.04. The van der Waals surface area contributed by atoms with E-state index in [0.29, 0.717) is 0 Å². The van der Waals surface area contributed by atoms with Gasteiger partial charge in [0.1, 0.15) is 11.6 Å². The van der Waals surface area contributed by atoms with Gasteiger partial charge in [-0.2, -0.15) is 5.10 Å². The molecule has 3 aromatic rings. The SMILES string of the molecule is COc1ccccc1N1CCN(c2ccn3nccc3n2)CC1. The van der Waals surface area contributed by atoms with E-state index in [1.807, 2.05) is 30.5 Å². The Balaban J connectivity index is 1.50. The molecule has 0 aliphatic carbocycles. The second-order valence-electron chi connectivity index (χ2n) is 5.57. The van der Waals surface area contributed by atoms with Crippen molar-refractivity contribution in [3.63, 3.8) is 0 Å². The number of hydrogen-bond acceptors (Lipinski definition) is 5. The Kier molecular flexibility index (Phi) is 3.49. The average Bonchev–Trinajstić information content (AvgIpc) is 3.09. The van der Waals surface area contributed by atoms with Crippen LogP contribution in [0.3, 0.4) is 0 Å². The molecule has 0 N–H and O–H groups in total. The number of aromatic nitrogens is 3. The fraction of sp³-hybridized carbons (Fsp3) is 0.294. The first-order valence-corrected chi connectivity index (χ1v) is 7.78. The maximum atomic E-state index is 5.47. The van der Waals surface area contributed by atoms with Gasteiger partial charge in [0.05, 0.1) is 19.0 Å². The highest BCUT2D eigenvalue weighted by Crippen LogP contribution is 2.28. The third kappa shape index (κ3) is 2.56. The third-order valence-electron chi connectivity index (χ3n) is 4.27. The Labute approximate surface area is 134 Å². The van der Waals surface area contributed by atoms with E-state index in [1.165, 1.54) is 0 Å². The van der Waals surface area contributed by atoms with E-state index in [2.05, 4.69) is 32.0 Å². The van der Waals surface area contributed by atoms with Crippen molar-refractivity contribution in [2.24, 2.45) is 0 Å². The van der Waals surface area contributed by atoms with Gasteiger partial charge in [-0.25, -0.2) is 9.50 Å². The van der Waals surface area contributed by atoms with Crippen LogP contribution in [0.2, 0.25) is 0 Å². The summed E-state index contributed by atoms with van der Waals surface area (Å²) in [6.07, 6.45) is 3.73. The average molecular weight is 309 g/mol. The van der Waals surface area contributed by atoms with Crippen molar-refractivity contribution in [1.29, 1.82) is 0 Å². The molecule has 0 amide bonds. The number of fused-ring (bicyclic) bond motifs is 1. The van der Waals surface area contributed by atoms with E-state index in [0.717, 1.165) is 49.1 Å². The zero-order valence-corrected chi connectivity index (χ0v) is 13.1. The zero-order valence-electron chi connectivity index (χ0n) is 13.1. The summed E-state index contributed by atoms with van der Waals surface area (Å²) in [6.45, 7) is 3.78. The van der Waals surface area contributed by atoms with Crippen LogP contribution in [0.25, 0.3) is 5.65 Å². The molecule has 0 bridgehead atoms. The van der Waals surface area contributed by atoms with Crippen LogP contribution in [-0.4, -0.2) is 47.9 Å². The van der Waals surface area contributed by atoms with Crippen LogP contribution in [-0.2, 0) is 0 Å². The van der Waals surface area contributed by atoms with Crippen LogP contribution in [0.1, 0.15) is 0 Å². The van der Waals surface area contributed by atoms with Crippen LogP contribution in [0, 0.1) is 0 Å². The fourth-order valence-electron chi connectivity index (χ4n) is 3.05. The van der Waals surface area contributed by atoms with Crippen molar-refractivity contribution < 1.29 is 4.74 Å². The number of benzene rings is 1. The molecule has 3 heterocycles. The minimum Gasteiger partial charge on any atom is -0.495 e. The molecule has 0 saturated carbocycles. The summed E-state index contributed by atoms with van der Waals surface area (Å²) in [4.78, 5) is 9.36. The monoisotopic (exact) mass is 309 g/mol. The summed E-state index contributed by atoms with van der Waals surface area (Å²) >= 11 is 0. The van der Waals surface area contributed by atoms with Gasteiger partial charge >= 0.3 is 0 Å². The van der Waals surface area contributed by atoms with Crippen molar-refractivity contribution in [1.82, 2.24) is 14.6 Å². The first kappa shape index (κ1) is 13.9. The molecule has 2 aromatic heterocycles. The molecule has 1 aromatic carbocycles. The Hall–Kier alpha value is -2.76. The molecule has 0 spiro atoms. The van der Waals surface area contributed by atoms with Crippen LogP contribution in [0.4, 0.5) is 11.5 Å². The molecule has 1 fully saturated rings. The maximum Gasteiger partial charge on any atom is 0.157 e. The molecular formula is C17H19N5O. The van der Waals surface area contributed by atoms with E-state index < -0.39 is 0 Å². The predicted molar refractivity (Wildman–Crippen MR) is 90.4 cm³/mol. The number of piperazine rings is 1. The van der Waals surface area contributed by atoms with Gasteiger partial charge < -0.3 is 14.5 Å². The molecule has 6 heteroatoms. The summed E-state index contributed by atoms with van der Waals surface area (Å²) in [6, 6.07) is 12.1. The second kappa shape index (κ2) is 5.79. The van der Waals surface area contributed by atoms with Crippen molar-refractivity contribution in [3.8, 4) is 5.75 Å². The van der Waals surface area contributed by atoms with E-state index in [1.54, 1.807) is 17.8 Å². The summed E-state index contributed by atoms with van der Waals surface area (Å²) in [7, 11) is 1.72. The minimum atomic E-state index is 0.884. The lowest BCUT2D eigenvalue weighted by Gasteiger charge is -2.37. The fourth-order valence-corrected chi connectivity index (χ4v) is 3.05. The number of methoxy groups -OCH3 is 1. The molecule has 1 saturated heterocycles. The number of para-hydroxylation sites is 2. The van der Waals surface area contributed by atoms with Crippen molar-refractivity contribution in [2.45, 2.75) is 0 Å². The van der Waals surface area contributed by atoms with Gasteiger partial charge in [0.25, 0.3) is 0 Å². The molecule has 0 unspecified atom stereocenters. The molecule has 6 nitrogen and oxygen atoms in total. The Morgan fingerprint density at radius 1 is 0.957 bits per heavy atom. The number of anilines is 2. The standard InChI is InChI=1S/C17H19N5O/c1-23-15-5-3-2-4-14(15)20-10-12-21(13-11-20)16-7-9-22-17(19-16)6-8-18-22/h2-9H,10-13H2,1H3. The molecular weight excluding hydrogens is 290 g/mol. The summed E-state index contributed by atoms with van der Waals surface area (Å²) in [5, 5.41) is 4.19. The van der Waals surface area contributed by atoms with Crippen LogP contribution in [0.5, 0.6) is 5.75 Å². The Morgan fingerprint density at radius 3 is 2.57 bits per heavy atom. The van der Waals surface area contributed by atoms with Crippen molar-refractivity contribution in [2.75, 3.05) is 43.1 Å². The van der Waals surface area contributed by atoms with Crippen molar-refractivity contribution in [3.05, 3.63) is 48.8 Å². The molecule has 23 heavy (non-hydrogen) atoms. The van der Waals surface area contributed by atoms with Gasteiger partial charge in [0, 0.05) is 38.4 Å². The highest BCUT2D eigenvalue weighted by Gasteiger charge is 2.20. The molecule has 1 aliphatic heterocycles. The lowest BCUT2D eigenvalue weighted by molar-refractivity contribution is 0.413. The number of ether oxygens (including phenoxy) is 1. The summed E-state index contributed by atoms with van der Waals surface area (Å²) < 4.78 is 7.26. The molecule has 1 aliphatic rings. The molecule has 118 valence electrons. The Bertz CT molecular complexity index is 807. The maximum absolute atomic E-state index is 5.47. The van der Waals surface area contributed by atoms with Gasteiger partial charge in [-0.3, -0.25) is 0 Å². The zero-order chi connectivity index (χ0) is 15.6. The van der Waals surface area contributed by atoms with Crippen LogP contribution in [0.15, 0.2) is 48.8 Å². The van der Waals surface area contributed by atoms with Crippen LogP contribution >= 0.6 is 0 Å². The lowest BCUT2D eigenvalue weighted by Crippen LogP contribution is -2.47. The van der Waals surface area contributed by atoms with Crippen molar-refractivity contribution >= 4 is 17.2 Å². The number of hydrogen-bond donors (Lipinski definition) is 0. The smallest absolute Gasteiger partial charge is 0.157 e. The molecule has 0 radical (unpaired) electrons. The predicted octanol–water partition coefficient (Wildman–Crippen LogP) is 2.06. The van der Waals surface area contributed by atoms with Gasteiger partial charge in [0.15, 0.2) is 5.65 Å². The first-order valence-electron chi connectivity index (χ1n) is 7.78. The topological polar surface area (TPSA) is 45.9 Å². The molecule has 0 atom stereocenters. The van der Waals surface area contributed by atoms with E-state index in [-0.39, 0.29) is 0 Å². The highest BCUT2D eigenvalue weighted by atomic mass is 16.5. The van der Waals surface area contributed by atoms with E-state index in [4.69, 9.17) is 4.74 Å². The quantitative estimate of drug-likeness (QED) is 0.741. The second-order valence-corrected chi connectivity index (χ2v) is 5.57. The summed E-state index contributed by atoms with van der Waals surface area (Å²) in [5.74, 6) is 1.94.